The summed E-state index contributed by atoms with van der Waals surface area (Å²) in [6.45, 7) is 0. The first-order valence-electron chi connectivity index (χ1n) is 4.57. The number of carbonyl (C=O) groups excluding carboxylic acids is 1. The molecule has 1 heterocycles. The van der Waals surface area contributed by atoms with E-state index < -0.39 is 0 Å². The lowest BCUT2D eigenvalue weighted by Gasteiger charge is -2.07. The molecule has 0 amide bonds. The third-order valence-electron chi connectivity index (χ3n) is 2.22. The van der Waals surface area contributed by atoms with Gasteiger partial charge >= 0.3 is 0 Å². The zero-order valence-electron chi connectivity index (χ0n) is 8.31. The number of hydrogen-bond donors (Lipinski definition) is 0. The fourth-order valence-electron chi connectivity index (χ4n) is 1.52. The van der Waals surface area contributed by atoms with Crippen LogP contribution in [-0.4, -0.2) is 16.1 Å². The van der Waals surface area contributed by atoms with E-state index in [9.17, 15) is 4.79 Å². The summed E-state index contributed by atoms with van der Waals surface area (Å²) < 4.78 is 0. The Bertz CT molecular complexity index is 615. The molecule has 17 heavy (non-hydrogen) atoms. The number of halogens is 4. The third kappa shape index (κ3) is 2.58. The van der Waals surface area contributed by atoms with E-state index in [1.54, 1.807) is 12.1 Å². The summed E-state index contributed by atoms with van der Waals surface area (Å²) in [7, 11) is 0. The van der Waals surface area contributed by atoms with E-state index in [2.05, 4.69) is 20.9 Å². The molecule has 2 nitrogen and oxygen atoms in total. The van der Waals surface area contributed by atoms with Crippen LogP contribution < -0.4 is 0 Å². The number of Topliss-reactive ketones (excluding diaryl/α,β-unsaturated/α-hetero) is 1. The second-order valence-electron chi connectivity index (χ2n) is 3.33. The van der Waals surface area contributed by atoms with Gasteiger partial charge in [-0.3, -0.25) is 4.79 Å². The van der Waals surface area contributed by atoms with Gasteiger partial charge in [0.2, 0.25) is 0 Å². The Balaban J connectivity index is 2.87. The van der Waals surface area contributed by atoms with Crippen molar-refractivity contribution in [3.8, 4) is 0 Å². The Morgan fingerprint density at radius 2 is 1.94 bits per heavy atom. The zero-order valence-corrected chi connectivity index (χ0v) is 12.2. The largest absolute Gasteiger partial charge is 0.293 e. The molecule has 0 spiro atoms. The van der Waals surface area contributed by atoms with Crippen LogP contribution in [0, 0.1) is 0 Å². The predicted octanol–water partition coefficient (Wildman–Crippen LogP) is 4.77. The molecule has 1 aromatic carbocycles. The summed E-state index contributed by atoms with van der Waals surface area (Å²) in [5.41, 5.74) is 0.939. The number of rotatable bonds is 2. The van der Waals surface area contributed by atoms with Crippen LogP contribution >= 0.6 is 50.7 Å². The summed E-state index contributed by atoms with van der Waals surface area (Å²) in [6.07, 6.45) is 0. The van der Waals surface area contributed by atoms with E-state index in [-0.39, 0.29) is 16.3 Å². The quantitative estimate of drug-likeness (QED) is 0.442. The number of alkyl halides is 1. The van der Waals surface area contributed by atoms with Gasteiger partial charge in [-0.1, -0.05) is 50.7 Å². The van der Waals surface area contributed by atoms with Gasteiger partial charge in [0, 0.05) is 16.0 Å². The normalized spacial score (nSPS) is 10.8. The van der Waals surface area contributed by atoms with Crippen LogP contribution in [0.15, 0.2) is 18.2 Å². The molecule has 6 heteroatoms. The molecule has 0 N–H and O–H groups in total. The van der Waals surface area contributed by atoms with Gasteiger partial charge < -0.3 is 0 Å². The lowest BCUT2D eigenvalue weighted by molar-refractivity contribution is 0.102. The third-order valence-corrected chi connectivity index (χ3v) is 3.43. The second-order valence-corrected chi connectivity index (χ2v) is 5.12. The lowest BCUT2D eigenvalue weighted by atomic mass is 10.1. The van der Waals surface area contributed by atoms with Crippen LogP contribution in [0.25, 0.3) is 10.9 Å². The van der Waals surface area contributed by atoms with Crippen molar-refractivity contribution in [3.05, 3.63) is 39.0 Å². The summed E-state index contributed by atoms with van der Waals surface area (Å²) in [4.78, 5) is 15.9. The van der Waals surface area contributed by atoms with Crippen molar-refractivity contribution in [2.24, 2.45) is 0 Å². The van der Waals surface area contributed by atoms with Crippen LogP contribution in [0.5, 0.6) is 0 Å². The molecule has 0 atom stereocenters. The highest BCUT2D eigenvalue weighted by Gasteiger charge is 2.14. The summed E-state index contributed by atoms with van der Waals surface area (Å²) in [5.74, 6) is -0.0994. The minimum Gasteiger partial charge on any atom is -0.293 e. The molecule has 1 aromatic heterocycles. The average Bonchev–Trinajstić information content (AvgIpc) is 2.28. The molecule has 88 valence electrons. The number of hydrogen-bond acceptors (Lipinski definition) is 2. The van der Waals surface area contributed by atoms with Crippen LogP contribution in [-0.2, 0) is 0 Å². The SMILES string of the molecule is O=C(CBr)c1cc(Cl)nc2c(Cl)cc(Cl)cc12. The van der Waals surface area contributed by atoms with Crippen LogP contribution in [0.4, 0.5) is 0 Å². The van der Waals surface area contributed by atoms with Crippen LogP contribution in [0.3, 0.4) is 0 Å². The van der Waals surface area contributed by atoms with Crippen molar-refractivity contribution >= 4 is 67.4 Å². The first kappa shape index (κ1) is 13.1. The summed E-state index contributed by atoms with van der Waals surface area (Å²) in [6, 6.07) is 4.74. The van der Waals surface area contributed by atoms with E-state index in [1.165, 1.54) is 6.07 Å². The Morgan fingerprint density at radius 1 is 1.24 bits per heavy atom. The van der Waals surface area contributed by atoms with E-state index in [0.717, 1.165) is 0 Å². The monoisotopic (exact) mass is 351 g/mol. The maximum atomic E-state index is 11.8. The minimum atomic E-state index is -0.0994. The molecule has 2 aromatic rings. The molecule has 0 bridgehead atoms. The maximum absolute atomic E-state index is 11.8. The van der Waals surface area contributed by atoms with Gasteiger partial charge in [0.25, 0.3) is 0 Å². The Hall–Kier alpha value is -0.350. The predicted molar refractivity (Wildman–Crippen MR) is 74.9 cm³/mol. The molecule has 0 unspecified atom stereocenters. The lowest BCUT2D eigenvalue weighted by Crippen LogP contribution is -2.02. The molecule has 0 fully saturated rings. The second kappa shape index (κ2) is 5.11. The molecule has 0 aliphatic rings. The van der Waals surface area contributed by atoms with E-state index in [0.29, 0.717) is 26.5 Å². The van der Waals surface area contributed by atoms with E-state index >= 15 is 0 Å². The molecule has 0 radical (unpaired) electrons. The Morgan fingerprint density at radius 3 is 2.59 bits per heavy atom. The van der Waals surface area contributed by atoms with Crippen molar-refractivity contribution in [1.29, 1.82) is 0 Å². The van der Waals surface area contributed by atoms with Crippen molar-refractivity contribution in [2.75, 3.05) is 5.33 Å². The minimum absolute atomic E-state index is 0.0994. The summed E-state index contributed by atoms with van der Waals surface area (Å²) in [5, 5.41) is 1.86. The number of carbonyl (C=O) groups is 1. The van der Waals surface area contributed by atoms with Gasteiger partial charge in [-0.05, 0) is 18.2 Å². The van der Waals surface area contributed by atoms with Gasteiger partial charge in [0.15, 0.2) is 5.78 Å². The Kier molecular flexibility index (Phi) is 3.93. The van der Waals surface area contributed by atoms with Gasteiger partial charge in [-0.15, -0.1) is 0 Å². The van der Waals surface area contributed by atoms with E-state index in [4.69, 9.17) is 34.8 Å². The van der Waals surface area contributed by atoms with E-state index in [1.807, 2.05) is 0 Å². The number of benzene rings is 1. The first-order chi connectivity index (χ1) is 8.02. The summed E-state index contributed by atoms with van der Waals surface area (Å²) >= 11 is 20.9. The van der Waals surface area contributed by atoms with Crippen molar-refractivity contribution in [2.45, 2.75) is 0 Å². The van der Waals surface area contributed by atoms with Crippen LogP contribution in [0.2, 0.25) is 15.2 Å². The number of ketones is 1. The highest BCUT2D eigenvalue weighted by molar-refractivity contribution is 9.09. The molecular weight excluding hydrogens is 348 g/mol. The molecule has 0 aliphatic carbocycles. The smallest absolute Gasteiger partial charge is 0.174 e. The molecule has 0 saturated carbocycles. The number of fused-ring (bicyclic) bond motifs is 1. The van der Waals surface area contributed by atoms with Gasteiger partial charge in [0.1, 0.15) is 5.15 Å². The molecule has 0 saturated heterocycles. The first-order valence-corrected chi connectivity index (χ1v) is 6.83. The number of pyridine rings is 1. The standard InChI is InChI=1S/C11H5BrCl3NO/c12-4-9(17)6-3-10(15)16-11-7(6)1-5(13)2-8(11)14/h1-3H,4H2. The molecule has 2 rings (SSSR count). The van der Waals surface area contributed by atoms with Crippen molar-refractivity contribution < 1.29 is 4.79 Å². The zero-order chi connectivity index (χ0) is 12.6. The van der Waals surface area contributed by atoms with Crippen LogP contribution in [0.1, 0.15) is 10.4 Å². The topological polar surface area (TPSA) is 30.0 Å². The highest BCUT2D eigenvalue weighted by atomic mass is 79.9. The van der Waals surface area contributed by atoms with Crippen molar-refractivity contribution in [3.63, 3.8) is 0 Å². The fraction of sp³-hybridized carbons (Fsp3) is 0.0909. The number of aromatic nitrogens is 1. The molecular formula is C11H5BrCl3NO. The van der Waals surface area contributed by atoms with Crippen molar-refractivity contribution in [1.82, 2.24) is 4.98 Å². The molecule has 0 aliphatic heterocycles. The highest BCUT2D eigenvalue weighted by Crippen LogP contribution is 2.30. The average molecular weight is 353 g/mol. The van der Waals surface area contributed by atoms with Gasteiger partial charge in [0.05, 0.1) is 15.9 Å². The Labute approximate surface area is 121 Å². The van der Waals surface area contributed by atoms with Gasteiger partial charge in [-0.2, -0.15) is 0 Å². The fourth-order valence-corrected chi connectivity index (χ4v) is 2.55. The maximum Gasteiger partial charge on any atom is 0.174 e. The van der Waals surface area contributed by atoms with Gasteiger partial charge in [-0.25, -0.2) is 4.98 Å². The number of nitrogens with zero attached hydrogens (tertiary/aromatic N) is 1.